The predicted molar refractivity (Wildman–Crippen MR) is 72.0 cm³/mol. The van der Waals surface area contributed by atoms with E-state index in [4.69, 9.17) is 15.9 Å². The predicted octanol–water partition coefficient (Wildman–Crippen LogP) is 2.24. The van der Waals surface area contributed by atoms with Crippen molar-refractivity contribution in [3.05, 3.63) is 23.8 Å². The largest absolute Gasteiger partial charge is 0.490 e. The molecule has 0 unspecified atom stereocenters. The second kappa shape index (κ2) is 8.74. The lowest BCUT2D eigenvalue weighted by atomic mass is 10.2. The molecule has 0 amide bonds. The van der Waals surface area contributed by atoms with Gasteiger partial charge >= 0.3 is 0 Å². The van der Waals surface area contributed by atoms with Gasteiger partial charge in [-0.1, -0.05) is 12.0 Å². The van der Waals surface area contributed by atoms with E-state index < -0.39 is 0 Å². The van der Waals surface area contributed by atoms with Crippen molar-refractivity contribution < 1.29 is 9.47 Å². The molecule has 1 rings (SSSR count). The van der Waals surface area contributed by atoms with Crippen molar-refractivity contribution in [2.75, 3.05) is 20.3 Å². The Bertz CT molecular complexity index is 374. The molecule has 4 heteroatoms. The summed E-state index contributed by atoms with van der Waals surface area (Å²) in [6.45, 7) is 3.60. The number of hydrogen-bond donors (Lipinski definition) is 1. The van der Waals surface area contributed by atoms with Crippen molar-refractivity contribution in [1.29, 1.82) is 0 Å². The van der Waals surface area contributed by atoms with Gasteiger partial charge in [0, 0.05) is 6.54 Å². The number of ether oxygens (including phenoxy) is 2. The molecule has 1 N–H and O–H groups in total. The molecule has 1 aromatic carbocycles. The van der Waals surface area contributed by atoms with Gasteiger partial charge in [0.1, 0.15) is 6.61 Å². The first-order valence-corrected chi connectivity index (χ1v) is 5.28. The van der Waals surface area contributed by atoms with E-state index in [2.05, 4.69) is 11.2 Å². The molecular weight excluding hydrogens is 238 g/mol. The molecule has 0 aliphatic carbocycles. The summed E-state index contributed by atoms with van der Waals surface area (Å²) in [4.78, 5) is 0. The van der Waals surface area contributed by atoms with Crippen LogP contribution >= 0.6 is 12.4 Å². The van der Waals surface area contributed by atoms with Crippen LogP contribution in [0.25, 0.3) is 0 Å². The van der Waals surface area contributed by atoms with Gasteiger partial charge in [-0.15, -0.1) is 18.8 Å². The maximum Gasteiger partial charge on any atom is 0.162 e. The Kier molecular flexibility index (Phi) is 8.04. The maximum atomic E-state index is 5.50. The van der Waals surface area contributed by atoms with Gasteiger partial charge in [0.25, 0.3) is 0 Å². The fraction of sp³-hybridized carbons (Fsp3) is 0.385. The summed E-state index contributed by atoms with van der Waals surface area (Å²) in [7, 11) is 1.91. The molecule has 0 saturated heterocycles. The Balaban J connectivity index is 0.00000256. The zero-order valence-electron chi connectivity index (χ0n) is 10.2. The van der Waals surface area contributed by atoms with Crippen molar-refractivity contribution in [2.24, 2.45) is 0 Å². The number of nitrogens with one attached hydrogen (secondary N) is 1. The summed E-state index contributed by atoms with van der Waals surface area (Å²) >= 11 is 0. The Morgan fingerprint density at radius 3 is 2.65 bits per heavy atom. The van der Waals surface area contributed by atoms with Gasteiger partial charge in [-0.3, -0.25) is 0 Å². The molecule has 0 spiro atoms. The number of halogens is 1. The standard InChI is InChI=1S/C13H17NO2.ClH/c1-4-8-16-12-7-6-11(10-14-3)9-13(12)15-5-2;/h1,6-7,9,14H,5,8,10H2,2-3H3;1H. The van der Waals surface area contributed by atoms with Gasteiger partial charge in [0.05, 0.1) is 6.61 Å². The Hall–Kier alpha value is -1.37. The van der Waals surface area contributed by atoms with E-state index in [0.29, 0.717) is 12.4 Å². The van der Waals surface area contributed by atoms with E-state index in [-0.39, 0.29) is 19.0 Å². The van der Waals surface area contributed by atoms with Crippen molar-refractivity contribution >= 4 is 12.4 Å². The van der Waals surface area contributed by atoms with E-state index in [0.717, 1.165) is 17.9 Å². The van der Waals surface area contributed by atoms with Crippen LogP contribution in [-0.4, -0.2) is 20.3 Å². The van der Waals surface area contributed by atoms with Crippen LogP contribution in [0, 0.1) is 12.3 Å². The Morgan fingerprint density at radius 2 is 2.06 bits per heavy atom. The molecule has 0 atom stereocenters. The van der Waals surface area contributed by atoms with E-state index >= 15 is 0 Å². The summed E-state index contributed by atoms with van der Waals surface area (Å²) in [6, 6.07) is 5.84. The van der Waals surface area contributed by atoms with Crippen LogP contribution in [0.15, 0.2) is 18.2 Å². The molecule has 0 saturated carbocycles. The van der Waals surface area contributed by atoms with Crippen molar-refractivity contribution in [2.45, 2.75) is 13.5 Å². The molecule has 17 heavy (non-hydrogen) atoms. The highest BCUT2D eigenvalue weighted by Crippen LogP contribution is 2.28. The first-order valence-electron chi connectivity index (χ1n) is 5.28. The average Bonchev–Trinajstić information content (AvgIpc) is 2.29. The quantitative estimate of drug-likeness (QED) is 0.791. The number of hydrogen-bond acceptors (Lipinski definition) is 3. The van der Waals surface area contributed by atoms with Crippen LogP contribution < -0.4 is 14.8 Å². The lowest BCUT2D eigenvalue weighted by molar-refractivity contribution is 0.299. The molecule has 1 aromatic rings. The molecule has 0 radical (unpaired) electrons. The van der Waals surface area contributed by atoms with Crippen LogP contribution in [0.5, 0.6) is 11.5 Å². The molecular formula is C13H18ClNO2. The maximum absolute atomic E-state index is 5.50. The van der Waals surface area contributed by atoms with Gasteiger partial charge in [-0.2, -0.15) is 0 Å². The lowest BCUT2D eigenvalue weighted by Crippen LogP contribution is -2.06. The number of benzene rings is 1. The molecule has 0 bridgehead atoms. The van der Waals surface area contributed by atoms with E-state index in [1.807, 2.05) is 32.2 Å². The minimum absolute atomic E-state index is 0. The van der Waals surface area contributed by atoms with E-state index in [1.165, 1.54) is 0 Å². The van der Waals surface area contributed by atoms with Crippen LogP contribution in [0.1, 0.15) is 12.5 Å². The third-order valence-electron chi connectivity index (χ3n) is 2.00. The molecule has 3 nitrogen and oxygen atoms in total. The van der Waals surface area contributed by atoms with E-state index in [9.17, 15) is 0 Å². The second-order valence-corrected chi connectivity index (χ2v) is 3.24. The second-order valence-electron chi connectivity index (χ2n) is 3.24. The fourth-order valence-corrected chi connectivity index (χ4v) is 1.37. The fourth-order valence-electron chi connectivity index (χ4n) is 1.37. The van der Waals surface area contributed by atoms with Crippen molar-refractivity contribution in [3.63, 3.8) is 0 Å². The van der Waals surface area contributed by atoms with Crippen molar-refractivity contribution in [3.8, 4) is 23.8 Å². The molecule has 0 aliphatic heterocycles. The summed E-state index contributed by atoms with van der Waals surface area (Å²) in [5.74, 6) is 3.87. The Morgan fingerprint density at radius 1 is 1.29 bits per heavy atom. The third-order valence-corrected chi connectivity index (χ3v) is 2.00. The SMILES string of the molecule is C#CCOc1ccc(CNC)cc1OCC.Cl. The number of terminal acetylenes is 1. The number of rotatable bonds is 6. The van der Waals surface area contributed by atoms with Crippen LogP contribution in [0.3, 0.4) is 0 Å². The smallest absolute Gasteiger partial charge is 0.162 e. The molecule has 0 heterocycles. The first-order chi connectivity index (χ1) is 7.81. The topological polar surface area (TPSA) is 30.5 Å². The normalized spacial score (nSPS) is 9.00. The highest BCUT2D eigenvalue weighted by molar-refractivity contribution is 5.85. The van der Waals surface area contributed by atoms with Crippen LogP contribution in [0.2, 0.25) is 0 Å². The van der Waals surface area contributed by atoms with E-state index in [1.54, 1.807) is 0 Å². The minimum atomic E-state index is 0. The molecule has 94 valence electrons. The molecule has 0 fully saturated rings. The van der Waals surface area contributed by atoms with Gasteiger partial charge < -0.3 is 14.8 Å². The monoisotopic (exact) mass is 255 g/mol. The zero-order valence-corrected chi connectivity index (χ0v) is 11.0. The average molecular weight is 256 g/mol. The highest BCUT2D eigenvalue weighted by Gasteiger charge is 2.05. The third kappa shape index (κ3) is 4.99. The minimum Gasteiger partial charge on any atom is -0.490 e. The lowest BCUT2D eigenvalue weighted by Gasteiger charge is -2.11. The van der Waals surface area contributed by atoms with Gasteiger partial charge in [0.2, 0.25) is 0 Å². The van der Waals surface area contributed by atoms with Crippen LogP contribution in [0.4, 0.5) is 0 Å². The molecule has 0 aromatic heterocycles. The summed E-state index contributed by atoms with van der Waals surface area (Å²) < 4.78 is 10.9. The highest BCUT2D eigenvalue weighted by atomic mass is 35.5. The Labute approximate surface area is 109 Å². The van der Waals surface area contributed by atoms with Gasteiger partial charge in [0.15, 0.2) is 11.5 Å². The summed E-state index contributed by atoms with van der Waals surface area (Å²) in [6.07, 6.45) is 5.15. The summed E-state index contributed by atoms with van der Waals surface area (Å²) in [5, 5.41) is 3.09. The zero-order chi connectivity index (χ0) is 11.8. The summed E-state index contributed by atoms with van der Waals surface area (Å²) in [5.41, 5.74) is 1.15. The van der Waals surface area contributed by atoms with Crippen molar-refractivity contribution in [1.82, 2.24) is 5.32 Å². The van der Waals surface area contributed by atoms with Gasteiger partial charge in [-0.25, -0.2) is 0 Å². The first kappa shape index (κ1) is 15.6. The van der Waals surface area contributed by atoms with Crippen LogP contribution in [-0.2, 0) is 6.54 Å². The van der Waals surface area contributed by atoms with Gasteiger partial charge in [-0.05, 0) is 31.7 Å². The molecule has 0 aliphatic rings.